The highest BCUT2D eigenvalue weighted by molar-refractivity contribution is 5.21. The molecule has 3 aliphatic rings. The first kappa shape index (κ1) is 12.4. The summed E-state index contributed by atoms with van der Waals surface area (Å²) in [5.74, 6) is 1.11. The molecule has 0 saturated heterocycles. The van der Waals surface area contributed by atoms with Gasteiger partial charge in [0.15, 0.2) is 0 Å². The minimum Gasteiger partial charge on any atom is -0.388 e. The van der Waals surface area contributed by atoms with Crippen LogP contribution >= 0.6 is 0 Å². The van der Waals surface area contributed by atoms with Gasteiger partial charge in [-0.1, -0.05) is 6.42 Å². The van der Waals surface area contributed by atoms with Crippen LogP contribution in [-0.4, -0.2) is 23.9 Å². The first-order valence-electron chi connectivity index (χ1n) is 7.30. The molecule has 3 saturated carbocycles. The summed E-state index contributed by atoms with van der Waals surface area (Å²) in [5, 5.41) is 20.9. The van der Waals surface area contributed by atoms with Crippen molar-refractivity contribution in [3.05, 3.63) is 0 Å². The fourth-order valence-electron chi connectivity index (χ4n) is 4.95. The highest BCUT2D eigenvalue weighted by atomic mass is 16.5. The van der Waals surface area contributed by atoms with Crippen molar-refractivity contribution in [1.29, 1.82) is 5.26 Å². The zero-order valence-electron chi connectivity index (χ0n) is 11.2. The highest BCUT2D eigenvalue weighted by Gasteiger charge is 2.62. The molecule has 0 aromatic carbocycles. The van der Waals surface area contributed by atoms with Crippen LogP contribution in [0.5, 0.6) is 0 Å². The number of aliphatic hydroxyl groups is 1. The van der Waals surface area contributed by atoms with E-state index in [-0.39, 0.29) is 6.10 Å². The minimum absolute atomic E-state index is 0.133. The summed E-state index contributed by atoms with van der Waals surface area (Å²) >= 11 is 0. The van der Waals surface area contributed by atoms with E-state index in [1.54, 1.807) is 7.11 Å². The fraction of sp³-hybridized carbons (Fsp3) is 0.933. The molecule has 5 unspecified atom stereocenters. The third kappa shape index (κ3) is 1.55. The lowest BCUT2D eigenvalue weighted by Crippen LogP contribution is -2.54. The van der Waals surface area contributed by atoms with Gasteiger partial charge >= 0.3 is 0 Å². The van der Waals surface area contributed by atoms with E-state index in [1.165, 1.54) is 6.42 Å². The van der Waals surface area contributed by atoms with Crippen molar-refractivity contribution in [3.8, 4) is 6.07 Å². The van der Waals surface area contributed by atoms with E-state index in [1.807, 2.05) is 0 Å². The third-order valence-corrected chi connectivity index (χ3v) is 5.89. The van der Waals surface area contributed by atoms with Gasteiger partial charge in [0.1, 0.15) is 0 Å². The molecule has 100 valence electrons. The summed E-state index contributed by atoms with van der Waals surface area (Å²) in [6, 6.07) is 2.56. The van der Waals surface area contributed by atoms with E-state index in [4.69, 9.17) is 4.74 Å². The molecule has 1 N–H and O–H groups in total. The van der Waals surface area contributed by atoms with Gasteiger partial charge in [0.25, 0.3) is 0 Å². The van der Waals surface area contributed by atoms with Crippen molar-refractivity contribution in [1.82, 2.24) is 0 Å². The number of nitrogens with zero attached hydrogens (tertiary/aromatic N) is 1. The molecule has 2 bridgehead atoms. The van der Waals surface area contributed by atoms with E-state index >= 15 is 0 Å². The van der Waals surface area contributed by atoms with Crippen LogP contribution in [0.25, 0.3) is 0 Å². The molecule has 3 aliphatic carbocycles. The quantitative estimate of drug-likeness (QED) is 0.818. The van der Waals surface area contributed by atoms with Crippen molar-refractivity contribution in [2.24, 2.45) is 17.3 Å². The van der Waals surface area contributed by atoms with Crippen LogP contribution in [0.1, 0.15) is 51.4 Å². The van der Waals surface area contributed by atoms with Crippen LogP contribution in [0, 0.1) is 28.6 Å². The van der Waals surface area contributed by atoms with Gasteiger partial charge < -0.3 is 9.84 Å². The Morgan fingerprint density at radius 2 is 2.11 bits per heavy atom. The maximum absolute atomic E-state index is 11.1. The molecular weight excluding hydrogens is 226 g/mol. The number of nitriles is 1. The largest absolute Gasteiger partial charge is 0.388 e. The van der Waals surface area contributed by atoms with Crippen molar-refractivity contribution >= 4 is 0 Å². The van der Waals surface area contributed by atoms with Crippen LogP contribution in [0.3, 0.4) is 0 Å². The van der Waals surface area contributed by atoms with Crippen molar-refractivity contribution < 1.29 is 9.84 Å². The summed E-state index contributed by atoms with van der Waals surface area (Å²) in [4.78, 5) is 0. The monoisotopic (exact) mass is 249 g/mol. The Labute approximate surface area is 109 Å². The van der Waals surface area contributed by atoms with E-state index in [0.29, 0.717) is 18.3 Å². The second-order valence-corrected chi connectivity index (χ2v) is 6.65. The average molecular weight is 249 g/mol. The number of hydrogen-bond donors (Lipinski definition) is 1. The number of fused-ring (bicyclic) bond motifs is 2. The first-order valence-corrected chi connectivity index (χ1v) is 7.30. The lowest BCUT2D eigenvalue weighted by Gasteiger charge is -2.49. The zero-order chi connectivity index (χ0) is 12.8. The van der Waals surface area contributed by atoms with Crippen LogP contribution in [-0.2, 0) is 4.74 Å². The molecule has 0 aromatic heterocycles. The molecule has 0 aromatic rings. The Kier molecular flexibility index (Phi) is 2.91. The fourth-order valence-corrected chi connectivity index (χ4v) is 4.95. The van der Waals surface area contributed by atoms with Crippen LogP contribution in [0.15, 0.2) is 0 Å². The highest BCUT2D eigenvalue weighted by Crippen LogP contribution is 2.62. The number of rotatable bonds is 2. The van der Waals surface area contributed by atoms with Gasteiger partial charge in [0.2, 0.25) is 0 Å². The summed E-state index contributed by atoms with van der Waals surface area (Å²) < 4.78 is 5.45. The Morgan fingerprint density at radius 1 is 1.28 bits per heavy atom. The Bertz CT molecular complexity index is 377. The lowest BCUT2D eigenvalue weighted by atomic mass is 9.58. The lowest BCUT2D eigenvalue weighted by molar-refractivity contribution is -0.136. The number of hydrogen-bond acceptors (Lipinski definition) is 3. The van der Waals surface area contributed by atoms with Crippen LogP contribution in [0.2, 0.25) is 0 Å². The predicted molar refractivity (Wildman–Crippen MR) is 67.7 cm³/mol. The van der Waals surface area contributed by atoms with E-state index < -0.39 is 11.0 Å². The van der Waals surface area contributed by atoms with E-state index in [0.717, 1.165) is 38.5 Å². The summed E-state index contributed by atoms with van der Waals surface area (Å²) in [6.07, 6.45) is 8.05. The SMILES string of the molecule is COC1CCCC(O)(C2(C#N)CC3CCC2C3)C1. The van der Waals surface area contributed by atoms with Crippen LogP contribution < -0.4 is 0 Å². The molecule has 0 spiro atoms. The average Bonchev–Trinajstić information content (AvgIpc) is 2.99. The maximum Gasteiger partial charge on any atom is 0.0891 e. The van der Waals surface area contributed by atoms with Gasteiger partial charge in [-0.05, 0) is 50.4 Å². The molecule has 5 atom stereocenters. The van der Waals surface area contributed by atoms with Crippen molar-refractivity contribution in [2.45, 2.75) is 63.1 Å². The van der Waals surface area contributed by atoms with Gasteiger partial charge in [0.05, 0.1) is 23.2 Å². The second kappa shape index (κ2) is 4.21. The topological polar surface area (TPSA) is 53.2 Å². The molecule has 18 heavy (non-hydrogen) atoms. The van der Waals surface area contributed by atoms with Crippen molar-refractivity contribution in [2.75, 3.05) is 7.11 Å². The van der Waals surface area contributed by atoms with E-state index in [9.17, 15) is 10.4 Å². The molecule has 3 nitrogen and oxygen atoms in total. The number of ether oxygens (including phenoxy) is 1. The Balaban J connectivity index is 1.89. The standard InChI is InChI=1S/C15H23NO2/c1-18-13-3-2-6-15(17,9-13)14(10-16)8-11-4-5-12(14)7-11/h11-13,17H,2-9H2,1H3. The molecule has 3 fully saturated rings. The molecule has 0 aliphatic heterocycles. The van der Waals surface area contributed by atoms with Crippen LogP contribution in [0.4, 0.5) is 0 Å². The minimum atomic E-state index is -0.805. The molecule has 0 radical (unpaired) electrons. The van der Waals surface area contributed by atoms with Gasteiger partial charge in [-0.15, -0.1) is 0 Å². The summed E-state index contributed by atoms with van der Waals surface area (Å²) in [7, 11) is 1.72. The molecule has 3 rings (SSSR count). The third-order valence-electron chi connectivity index (χ3n) is 5.89. The predicted octanol–water partition coefficient (Wildman–Crippen LogP) is 2.64. The van der Waals surface area contributed by atoms with Gasteiger partial charge in [-0.2, -0.15) is 5.26 Å². The van der Waals surface area contributed by atoms with Gasteiger partial charge in [-0.3, -0.25) is 0 Å². The second-order valence-electron chi connectivity index (χ2n) is 6.65. The van der Waals surface area contributed by atoms with E-state index in [2.05, 4.69) is 6.07 Å². The Morgan fingerprint density at radius 3 is 2.67 bits per heavy atom. The summed E-state index contributed by atoms with van der Waals surface area (Å²) in [5.41, 5.74) is -1.28. The smallest absolute Gasteiger partial charge is 0.0891 e. The Hall–Kier alpha value is -0.590. The number of methoxy groups -OCH3 is 1. The molecular formula is C15H23NO2. The molecule has 3 heteroatoms. The molecule has 0 heterocycles. The van der Waals surface area contributed by atoms with Gasteiger partial charge in [0, 0.05) is 13.5 Å². The van der Waals surface area contributed by atoms with Gasteiger partial charge in [-0.25, -0.2) is 0 Å². The summed E-state index contributed by atoms with van der Waals surface area (Å²) in [6.45, 7) is 0. The van der Waals surface area contributed by atoms with Crippen molar-refractivity contribution in [3.63, 3.8) is 0 Å². The first-order chi connectivity index (χ1) is 8.63. The molecule has 0 amide bonds. The zero-order valence-corrected chi connectivity index (χ0v) is 11.2. The normalized spacial score (nSPS) is 51.3. The maximum atomic E-state index is 11.1.